The Bertz CT molecular complexity index is 386. The first-order chi connectivity index (χ1) is 8.52. The van der Waals surface area contributed by atoms with Crippen LogP contribution in [-0.4, -0.2) is 26.9 Å². The second-order valence-electron chi connectivity index (χ2n) is 4.81. The van der Waals surface area contributed by atoms with Crippen molar-refractivity contribution in [3.05, 3.63) is 29.3 Å². The van der Waals surface area contributed by atoms with Gasteiger partial charge in [0.25, 0.3) is 0 Å². The molecule has 0 amide bonds. The summed E-state index contributed by atoms with van der Waals surface area (Å²) in [5.74, 6) is 0.890. The molecule has 1 rings (SSSR count). The Morgan fingerprint density at radius 3 is 2.39 bits per heavy atom. The van der Waals surface area contributed by atoms with Gasteiger partial charge in [-0.05, 0) is 50.6 Å². The zero-order valence-corrected chi connectivity index (χ0v) is 12.3. The standard InChI is InChI=1S/C15H25NO2/c1-7-15(3,18-6)14(16-4)13-9-8-12(17-5)10-11(13)2/h8-10,14,16H,7H2,1-6H3. The maximum Gasteiger partial charge on any atom is 0.119 e. The molecule has 2 unspecified atom stereocenters. The normalized spacial score (nSPS) is 16.1. The number of likely N-dealkylation sites (N-methyl/N-ethyl adjacent to an activating group) is 1. The molecule has 1 aromatic rings. The molecule has 0 aliphatic carbocycles. The van der Waals surface area contributed by atoms with Crippen LogP contribution in [0.5, 0.6) is 5.75 Å². The highest BCUT2D eigenvalue weighted by Crippen LogP contribution is 2.34. The average Bonchev–Trinajstić information content (AvgIpc) is 2.40. The van der Waals surface area contributed by atoms with Crippen LogP contribution in [0.2, 0.25) is 0 Å². The van der Waals surface area contributed by atoms with Crippen molar-refractivity contribution >= 4 is 0 Å². The van der Waals surface area contributed by atoms with E-state index in [4.69, 9.17) is 9.47 Å². The Hall–Kier alpha value is -1.06. The molecule has 3 heteroatoms. The van der Waals surface area contributed by atoms with Crippen molar-refractivity contribution < 1.29 is 9.47 Å². The van der Waals surface area contributed by atoms with Crippen molar-refractivity contribution in [2.24, 2.45) is 0 Å². The lowest BCUT2D eigenvalue weighted by atomic mass is 9.85. The van der Waals surface area contributed by atoms with E-state index in [-0.39, 0.29) is 11.6 Å². The molecule has 0 saturated carbocycles. The Morgan fingerprint density at radius 1 is 1.33 bits per heavy atom. The van der Waals surface area contributed by atoms with Crippen molar-refractivity contribution in [1.82, 2.24) is 5.32 Å². The number of benzene rings is 1. The fraction of sp³-hybridized carbons (Fsp3) is 0.600. The molecule has 3 nitrogen and oxygen atoms in total. The smallest absolute Gasteiger partial charge is 0.119 e. The summed E-state index contributed by atoms with van der Waals surface area (Å²) in [5.41, 5.74) is 2.25. The van der Waals surface area contributed by atoms with E-state index in [1.54, 1.807) is 14.2 Å². The van der Waals surface area contributed by atoms with Crippen LogP contribution in [0.4, 0.5) is 0 Å². The zero-order chi connectivity index (χ0) is 13.8. The lowest BCUT2D eigenvalue weighted by Crippen LogP contribution is -2.41. The maximum atomic E-state index is 5.71. The number of hydrogen-bond donors (Lipinski definition) is 1. The molecule has 102 valence electrons. The van der Waals surface area contributed by atoms with Crippen LogP contribution >= 0.6 is 0 Å². The van der Waals surface area contributed by atoms with Gasteiger partial charge in [-0.15, -0.1) is 0 Å². The summed E-state index contributed by atoms with van der Waals surface area (Å²) < 4.78 is 11.0. The van der Waals surface area contributed by atoms with Gasteiger partial charge in [0.2, 0.25) is 0 Å². The molecule has 0 spiro atoms. The maximum absolute atomic E-state index is 5.71. The summed E-state index contributed by atoms with van der Waals surface area (Å²) in [6, 6.07) is 6.34. The number of methoxy groups -OCH3 is 2. The molecule has 0 aliphatic rings. The molecule has 2 atom stereocenters. The predicted octanol–water partition coefficient (Wildman–Crippen LogP) is 3.08. The fourth-order valence-electron chi connectivity index (χ4n) is 2.36. The Morgan fingerprint density at radius 2 is 2.00 bits per heavy atom. The van der Waals surface area contributed by atoms with Crippen molar-refractivity contribution in [3.8, 4) is 5.75 Å². The summed E-state index contributed by atoms with van der Waals surface area (Å²) in [6.45, 7) is 6.39. The van der Waals surface area contributed by atoms with Gasteiger partial charge in [0.1, 0.15) is 5.75 Å². The molecule has 0 bridgehead atoms. The van der Waals surface area contributed by atoms with E-state index >= 15 is 0 Å². The lowest BCUT2D eigenvalue weighted by Gasteiger charge is -2.36. The fourth-order valence-corrected chi connectivity index (χ4v) is 2.36. The molecule has 18 heavy (non-hydrogen) atoms. The predicted molar refractivity (Wildman–Crippen MR) is 75.2 cm³/mol. The summed E-state index contributed by atoms with van der Waals surface area (Å²) in [4.78, 5) is 0. The third-order valence-corrected chi connectivity index (χ3v) is 3.86. The second kappa shape index (κ2) is 6.21. The molecule has 0 aromatic heterocycles. The van der Waals surface area contributed by atoms with E-state index in [9.17, 15) is 0 Å². The van der Waals surface area contributed by atoms with Crippen LogP contribution in [0, 0.1) is 6.92 Å². The van der Waals surface area contributed by atoms with E-state index in [0.717, 1.165) is 12.2 Å². The quantitative estimate of drug-likeness (QED) is 0.843. The molecular weight excluding hydrogens is 226 g/mol. The summed E-state index contributed by atoms with van der Waals surface area (Å²) in [7, 11) is 5.43. The van der Waals surface area contributed by atoms with E-state index in [0.29, 0.717) is 0 Å². The summed E-state index contributed by atoms with van der Waals surface area (Å²) in [5, 5.41) is 3.37. The van der Waals surface area contributed by atoms with Gasteiger partial charge >= 0.3 is 0 Å². The first-order valence-corrected chi connectivity index (χ1v) is 6.39. The number of rotatable bonds is 6. The van der Waals surface area contributed by atoms with Crippen LogP contribution in [0.1, 0.15) is 37.4 Å². The van der Waals surface area contributed by atoms with E-state index in [1.165, 1.54) is 11.1 Å². The minimum atomic E-state index is -0.214. The van der Waals surface area contributed by atoms with Crippen molar-refractivity contribution in [3.63, 3.8) is 0 Å². The average molecular weight is 251 g/mol. The van der Waals surface area contributed by atoms with Gasteiger partial charge in [0, 0.05) is 7.11 Å². The third-order valence-electron chi connectivity index (χ3n) is 3.86. The van der Waals surface area contributed by atoms with Gasteiger partial charge in [0.15, 0.2) is 0 Å². The van der Waals surface area contributed by atoms with Crippen LogP contribution in [0.3, 0.4) is 0 Å². The zero-order valence-electron chi connectivity index (χ0n) is 12.3. The van der Waals surface area contributed by atoms with Gasteiger partial charge in [-0.1, -0.05) is 13.0 Å². The van der Waals surface area contributed by atoms with Gasteiger partial charge < -0.3 is 14.8 Å². The molecule has 0 fully saturated rings. The van der Waals surface area contributed by atoms with E-state index in [1.807, 2.05) is 13.1 Å². The molecule has 0 radical (unpaired) electrons. The van der Waals surface area contributed by atoms with Crippen LogP contribution in [-0.2, 0) is 4.74 Å². The Balaban J connectivity index is 3.16. The minimum absolute atomic E-state index is 0.165. The van der Waals surface area contributed by atoms with Gasteiger partial charge in [-0.25, -0.2) is 0 Å². The summed E-state index contributed by atoms with van der Waals surface area (Å²) >= 11 is 0. The van der Waals surface area contributed by atoms with E-state index in [2.05, 4.69) is 38.2 Å². The number of ether oxygens (including phenoxy) is 2. The molecule has 0 aliphatic heterocycles. The number of nitrogens with one attached hydrogen (secondary N) is 1. The van der Waals surface area contributed by atoms with Crippen molar-refractivity contribution in [2.45, 2.75) is 38.8 Å². The first kappa shape index (κ1) is 15.0. The SMILES string of the molecule is CCC(C)(OC)C(NC)c1ccc(OC)cc1C. The monoisotopic (exact) mass is 251 g/mol. The van der Waals surface area contributed by atoms with Crippen molar-refractivity contribution in [1.29, 1.82) is 0 Å². The molecule has 1 N–H and O–H groups in total. The largest absolute Gasteiger partial charge is 0.497 e. The second-order valence-corrected chi connectivity index (χ2v) is 4.81. The van der Waals surface area contributed by atoms with Gasteiger partial charge in [-0.3, -0.25) is 0 Å². The Kier molecular flexibility index (Phi) is 5.17. The molecular formula is C15H25NO2. The molecule has 0 heterocycles. The number of hydrogen-bond acceptors (Lipinski definition) is 3. The van der Waals surface area contributed by atoms with Crippen LogP contribution in [0.25, 0.3) is 0 Å². The highest BCUT2D eigenvalue weighted by molar-refractivity contribution is 5.37. The topological polar surface area (TPSA) is 30.5 Å². The van der Waals surface area contributed by atoms with E-state index < -0.39 is 0 Å². The molecule has 1 aromatic carbocycles. The highest BCUT2D eigenvalue weighted by atomic mass is 16.5. The van der Waals surface area contributed by atoms with Crippen molar-refractivity contribution in [2.75, 3.05) is 21.3 Å². The Labute approximate surface area is 110 Å². The van der Waals surface area contributed by atoms with Gasteiger partial charge in [-0.2, -0.15) is 0 Å². The summed E-state index contributed by atoms with van der Waals surface area (Å²) in [6.07, 6.45) is 0.945. The highest BCUT2D eigenvalue weighted by Gasteiger charge is 2.33. The number of aryl methyl sites for hydroxylation is 1. The van der Waals surface area contributed by atoms with Crippen LogP contribution < -0.4 is 10.1 Å². The first-order valence-electron chi connectivity index (χ1n) is 6.39. The van der Waals surface area contributed by atoms with Gasteiger partial charge in [0.05, 0.1) is 18.8 Å². The third kappa shape index (κ3) is 2.85. The molecule has 0 saturated heterocycles. The lowest BCUT2D eigenvalue weighted by molar-refractivity contribution is -0.0282. The minimum Gasteiger partial charge on any atom is -0.497 e. The van der Waals surface area contributed by atoms with Crippen LogP contribution in [0.15, 0.2) is 18.2 Å².